The van der Waals surface area contributed by atoms with Gasteiger partial charge in [0.15, 0.2) is 0 Å². The molecule has 1 aromatic carbocycles. The molecular weight excluding hydrogens is 478 g/mol. The van der Waals surface area contributed by atoms with Gasteiger partial charge in [0.25, 0.3) is 0 Å². The number of nitrogens with two attached hydrogens (primary N) is 2. The van der Waals surface area contributed by atoms with E-state index in [1.807, 2.05) is 13.8 Å². The number of hydrogen-bond acceptors (Lipinski definition) is 7. The number of hydrogen-bond donors (Lipinski definition) is 6. The quantitative estimate of drug-likeness (QED) is 0.191. The summed E-state index contributed by atoms with van der Waals surface area (Å²) < 4.78 is 0. The molecule has 37 heavy (non-hydrogen) atoms. The number of likely N-dealkylation sites (tertiary alicyclic amines) is 1. The van der Waals surface area contributed by atoms with E-state index in [4.69, 9.17) is 11.5 Å². The minimum atomic E-state index is -1.13. The molecule has 11 heteroatoms. The minimum absolute atomic E-state index is 0.0800. The van der Waals surface area contributed by atoms with Gasteiger partial charge in [0.2, 0.25) is 17.7 Å². The van der Waals surface area contributed by atoms with E-state index >= 15 is 0 Å². The summed E-state index contributed by atoms with van der Waals surface area (Å²) in [5.41, 5.74) is 12.3. The topological polar surface area (TPSA) is 188 Å². The smallest absolute Gasteiger partial charge is 0.326 e. The zero-order valence-corrected chi connectivity index (χ0v) is 21.7. The fourth-order valence-electron chi connectivity index (χ4n) is 4.47. The molecule has 4 atom stereocenters. The Morgan fingerprint density at radius 2 is 1.76 bits per heavy atom. The Balaban J connectivity index is 2.07. The van der Waals surface area contributed by atoms with Gasteiger partial charge in [-0.15, -0.1) is 0 Å². The van der Waals surface area contributed by atoms with Crippen LogP contribution in [0.15, 0.2) is 24.3 Å². The van der Waals surface area contributed by atoms with Gasteiger partial charge in [-0.1, -0.05) is 26.0 Å². The summed E-state index contributed by atoms with van der Waals surface area (Å²) in [5.74, 6) is -2.32. The average Bonchev–Trinajstić information content (AvgIpc) is 3.33. The van der Waals surface area contributed by atoms with Gasteiger partial charge in [0.1, 0.15) is 23.9 Å². The van der Waals surface area contributed by atoms with Crippen LogP contribution < -0.4 is 22.1 Å². The molecule has 0 aliphatic carbocycles. The second kappa shape index (κ2) is 14.5. The van der Waals surface area contributed by atoms with Gasteiger partial charge in [-0.25, -0.2) is 4.79 Å². The van der Waals surface area contributed by atoms with Crippen molar-refractivity contribution in [3.8, 4) is 5.75 Å². The van der Waals surface area contributed by atoms with E-state index in [9.17, 15) is 29.4 Å². The fourth-order valence-corrected chi connectivity index (χ4v) is 4.47. The van der Waals surface area contributed by atoms with Crippen LogP contribution in [0.3, 0.4) is 0 Å². The molecule has 2 rings (SSSR count). The number of benzene rings is 1. The van der Waals surface area contributed by atoms with E-state index in [2.05, 4.69) is 10.6 Å². The van der Waals surface area contributed by atoms with Gasteiger partial charge in [-0.3, -0.25) is 14.4 Å². The van der Waals surface area contributed by atoms with Crippen molar-refractivity contribution in [3.05, 3.63) is 29.8 Å². The second-order valence-corrected chi connectivity index (χ2v) is 10.0. The number of aromatic hydroxyl groups is 1. The third kappa shape index (κ3) is 9.32. The first-order chi connectivity index (χ1) is 17.5. The number of phenols is 1. The summed E-state index contributed by atoms with van der Waals surface area (Å²) in [6, 6.07) is 2.73. The highest BCUT2D eigenvalue weighted by Gasteiger charge is 2.39. The van der Waals surface area contributed by atoms with E-state index in [0.29, 0.717) is 45.2 Å². The Labute approximate surface area is 217 Å². The molecule has 1 aliphatic rings. The van der Waals surface area contributed by atoms with Crippen LogP contribution in [0.25, 0.3) is 0 Å². The molecule has 1 fully saturated rings. The number of phenolic OH excluding ortho intramolecular Hbond substituents is 1. The summed E-state index contributed by atoms with van der Waals surface area (Å²) in [7, 11) is 0. The maximum atomic E-state index is 13.5. The molecule has 3 amide bonds. The van der Waals surface area contributed by atoms with Crippen molar-refractivity contribution in [2.24, 2.45) is 17.4 Å². The van der Waals surface area contributed by atoms with E-state index in [-0.39, 0.29) is 30.4 Å². The molecule has 1 aliphatic heterocycles. The summed E-state index contributed by atoms with van der Waals surface area (Å²) in [4.78, 5) is 52.4. The zero-order chi connectivity index (χ0) is 27.5. The highest BCUT2D eigenvalue weighted by atomic mass is 16.4. The van der Waals surface area contributed by atoms with Gasteiger partial charge in [0.05, 0.1) is 6.04 Å². The number of carboxylic acid groups (broad SMARTS) is 1. The molecule has 1 saturated heterocycles. The van der Waals surface area contributed by atoms with Crippen molar-refractivity contribution in [2.75, 3.05) is 13.1 Å². The van der Waals surface area contributed by atoms with E-state index in [1.165, 1.54) is 17.0 Å². The fraction of sp³-hybridized carbons (Fsp3) is 0.615. The molecule has 4 unspecified atom stereocenters. The summed E-state index contributed by atoms with van der Waals surface area (Å²) in [6.07, 6.45) is 3.06. The Morgan fingerprint density at radius 1 is 1.08 bits per heavy atom. The monoisotopic (exact) mass is 519 g/mol. The van der Waals surface area contributed by atoms with E-state index in [1.54, 1.807) is 12.1 Å². The number of carbonyl (C=O) groups is 4. The molecular formula is C26H41N5O6. The molecule has 0 aromatic heterocycles. The third-order valence-electron chi connectivity index (χ3n) is 6.45. The predicted molar refractivity (Wildman–Crippen MR) is 138 cm³/mol. The maximum absolute atomic E-state index is 13.5. The summed E-state index contributed by atoms with van der Waals surface area (Å²) >= 11 is 0. The van der Waals surface area contributed by atoms with Gasteiger partial charge < -0.3 is 37.2 Å². The van der Waals surface area contributed by atoms with Crippen LogP contribution in [0.2, 0.25) is 0 Å². The van der Waals surface area contributed by atoms with Gasteiger partial charge in [-0.2, -0.15) is 0 Å². The zero-order valence-electron chi connectivity index (χ0n) is 21.7. The van der Waals surface area contributed by atoms with Crippen LogP contribution in [0.1, 0.15) is 57.9 Å². The SMILES string of the molecule is CC(C)CC(NC(=O)C(N)Cc1ccc(O)cc1)C(=O)N1CCCC1C(=O)NC(CCCCN)C(=O)O. The van der Waals surface area contributed by atoms with E-state index < -0.39 is 42.0 Å². The van der Waals surface area contributed by atoms with Crippen molar-refractivity contribution in [1.29, 1.82) is 0 Å². The first kappa shape index (κ1) is 30.0. The van der Waals surface area contributed by atoms with Gasteiger partial charge >= 0.3 is 5.97 Å². The maximum Gasteiger partial charge on any atom is 0.326 e. The third-order valence-corrected chi connectivity index (χ3v) is 6.45. The number of aliphatic carboxylic acids is 1. The second-order valence-electron chi connectivity index (χ2n) is 10.0. The number of carbonyl (C=O) groups excluding carboxylic acids is 3. The van der Waals surface area contributed by atoms with Crippen LogP contribution in [-0.4, -0.2) is 76.1 Å². The Bertz CT molecular complexity index is 923. The van der Waals surface area contributed by atoms with Crippen LogP contribution in [0, 0.1) is 5.92 Å². The average molecular weight is 520 g/mol. The molecule has 206 valence electrons. The highest BCUT2D eigenvalue weighted by molar-refractivity contribution is 5.94. The van der Waals surface area contributed by atoms with E-state index in [0.717, 1.165) is 5.56 Å². The lowest BCUT2D eigenvalue weighted by molar-refractivity contribution is -0.145. The minimum Gasteiger partial charge on any atom is -0.508 e. The molecule has 1 aromatic rings. The Hall–Kier alpha value is -3.18. The molecule has 11 nitrogen and oxygen atoms in total. The molecule has 0 saturated carbocycles. The largest absolute Gasteiger partial charge is 0.508 e. The van der Waals surface area contributed by atoms with Crippen molar-refractivity contribution in [2.45, 2.75) is 83.0 Å². The Kier molecular flexibility index (Phi) is 11.8. The van der Waals surface area contributed by atoms with Crippen LogP contribution in [0.4, 0.5) is 0 Å². The molecule has 8 N–H and O–H groups in total. The number of nitrogens with zero attached hydrogens (tertiary/aromatic N) is 1. The van der Waals surface area contributed by atoms with Crippen molar-refractivity contribution in [1.82, 2.24) is 15.5 Å². The number of carboxylic acids is 1. The number of nitrogens with one attached hydrogen (secondary N) is 2. The first-order valence-electron chi connectivity index (χ1n) is 12.9. The standard InChI is InChI=1S/C26H41N5O6/c1-16(2)14-21(30-23(33)19(28)15-17-8-10-18(32)11-9-17)25(35)31-13-5-7-22(31)24(34)29-20(26(36)37)6-3-4-12-27/h8-11,16,19-22,32H,3-7,12-15,27-28H2,1-2H3,(H,29,34)(H,30,33)(H,36,37). The van der Waals surface area contributed by atoms with Gasteiger partial charge in [-0.05, 0) is 75.1 Å². The molecule has 0 bridgehead atoms. The highest BCUT2D eigenvalue weighted by Crippen LogP contribution is 2.21. The number of amides is 3. The van der Waals surface area contributed by atoms with Crippen LogP contribution in [-0.2, 0) is 25.6 Å². The molecule has 0 spiro atoms. The predicted octanol–water partition coefficient (Wildman–Crippen LogP) is 0.482. The summed E-state index contributed by atoms with van der Waals surface area (Å²) in [6.45, 7) is 4.63. The summed E-state index contributed by atoms with van der Waals surface area (Å²) in [5, 5.41) is 24.3. The number of rotatable bonds is 14. The van der Waals surface area contributed by atoms with Crippen LogP contribution in [0.5, 0.6) is 5.75 Å². The van der Waals surface area contributed by atoms with Crippen molar-refractivity contribution < 1.29 is 29.4 Å². The lowest BCUT2D eigenvalue weighted by atomic mass is 10.0. The van der Waals surface area contributed by atoms with Crippen LogP contribution >= 0.6 is 0 Å². The molecule has 1 heterocycles. The van der Waals surface area contributed by atoms with Crippen molar-refractivity contribution >= 4 is 23.7 Å². The number of unbranched alkanes of at least 4 members (excludes halogenated alkanes) is 1. The van der Waals surface area contributed by atoms with Crippen molar-refractivity contribution in [3.63, 3.8) is 0 Å². The lowest BCUT2D eigenvalue weighted by Gasteiger charge is -2.30. The Morgan fingerprint density at radius 3 is 2.35 bits per heavy atom. The molecule has 0 radical (unpaired) electrons. The lowest BCUT2D eigenvalue weighted by Crippen LogP contribution is -2.57. The van der Waals surface area contributed by atoms with Gasteiger partial charge in [0, 0.05) is 6.54 Å². The normalized spacial score (nSPS) is 17.8. The first-order valence-corrected chi connectivity index (χ1v) is 12.9.